The molecular weight excluding hydrogens is 282 g/mol. The van der Waals surface area contributed by atoms with E-state index in [0.717, 1.165) is 10.0 Å². The van der Waals surface area contributed by atoms with Crippen LogP contribution in [-0.4, -0.2) is 0 Å². The second-order valence-corrected chi connectivity index (χ2v) is 5.97. The van der Waals surface area contributed by atoms with Crippen LogP contribution in [0.4, 0.5) is 0 Å². The van der Waals surface area contributed by atoms with Crippen LogP contribution in [0, 0.1) is 6.92 Å². The smallest absolute Gasteiger partial charge is 0.0733 e. The normalized spacial score (nSPS) is 14.8. The van der Waals surface area contributed by atoms with Crippen LogP contribution in [0.1, 0.15) is 22.9 Å². The third kappa shape index (κ3) is 2.08. The summed E-state index contributed by atoms with van der Waals surface area (Å²) in [5.74, 6) is 0. The molecule has 1 heterocycles. The Balaban J connectivity index is 2.46. The molecule has 2 aromatic rings. The van der Waals surface area contributed by atoms with Gasteiger partial charge in [-0.1, -0.05) is 28.1 Å². The third-order valence-electron chi connectivity index (χ3n) is 2.78. The van der Waals surface area contributed by atoms with Gasteiger partial charge >= 0.3 is 0 Å². The van der Waals surface area contributed by atoms with E-state index in [-0.39, 0.29) is 0 Å². The Morgan fingerprint density at radius 2 is 1.81 bits per heavy atom. The average molecular weight is 296 g/mol. The zero-order valence-electron chi connectivity index (χ0n) is 9.33. The van der Waals surface area contributed by atoms with E-state index < -0.39 is 5.54 Å². The van der Waals surface area contributed by atoms with Crippen LogP contribution in [0.25, 0.3) is 0 Å². The lowest BCUT2D eigenvalue weighted by molar-refractivity contribution is 0.613. The lowest BCUT2D eigenvalue weighted by atomic mass is 9.90. The number of hydrogen-bond acceptors (Lipinski definition) is 2. The molecule has 0 fully saturated rings. The lowest BCUT2D eigenvalue weighted by Crippen LogP contribution is -2.33. The molecular formula is C13H14BrNS. The van der Waals surface area contributed by atoms with Crippen molar-refractivity contribution in [2.45, 2.75) is 19.4 Å². The van der Waals surface area contributed by atoms with Gasteiger partial charge in [0.15, 0.2) is 0 Å². The molecule has 1 nitrogen and oxygen atoms in total. The van der Waals surface area contributed by atoms with Crippen molar-refractivity contribution in [1.82, 2.24) is 0 Å². The number of thiophene rings is 1. The van der Waals surface area contributed by atoms with Crippen LogP contribution < -0.4 is 5.73 Å². The largest absolute Gasteiger partial charge is 0.317 e. The van der Waals surface area contributed by atoms with Crippen molar-refractivity contribution in [3.05, 3.63) is 56.2 Å². The Kier molecular flexibility index (Phi) is 3.19. The van der Waals surface area contributed by atoms with Crippen molar-refractivity contribution in [3.63, 3.8) is 0 Å². The summed E-state index contributed by atoms with van der Waals surface area (Å²) in [7, 11) is 0. The molecule has 1 aromatic carbocycles. The predicted molar refractivity (Wildman–Crippen MR) is 73.8 cm³/mol. The topological polar surface area (TPSA) is 26.0 Å². The van der Waals surface area contributed by atoms with Gasteiger partial charge in [-0.15, -0.1) is 11.3 Å². The fraction of sp³-hybridized carbons (Fsp3) is 0.231. The molecule has 1 aromatic heterocycles. The van der Waals surface area contributed by atoms with Gasteiger partial charge in [0.1, 0.15) is 0 Å². The highest BCUT2D eigenvalue weighted by Gasteiger charge is 2.26. The molecule has 0 aliphatic heterocycles. The van der Waals surface area contributed by atoms with E-state index in [1.807, 2.05) is 12.1 Å². The fourth-order valence-electron chi connectivity index (χ4n) is 1.83. The van der Waals surface area contributed by atoms with Gasteiger partial charge < -0.3 is 5.73 Å². The highest BCUT2D eigenvalue weighted by Crippen LogP contribution is 2.33. The van der Waals surface area contributed by atoms with E-state index in [1.54, 1.807) is 11.3 Å². The van der Waals surface area contributed by atoms with Crippen molar-refractivity contribution >= 4 is 27.3 Å². The lowest BCUT2D eigenvalue weighted by Gasteiger charge is -2.25. The van der Waals surface area contributed by atoms with Crippen LogP contribution in [0.15, 0.2) is 40.2 Å². The van der Waals surface area contributed by atoms with Gasteiger partial charge in [-0.25, -0.2) is 0 Å². The Morgan fingerprint density at radius 1 is 1.19 bits per heavy atom. The minimum atomic E-state index is -0.404. The summed E-state index contributed by atoms with van der Waals surface area (Å²) >= 11 is 5.16. The van der Waals surface area contributed by atoms with Gasteiger partial charge in [0.2, 0.25) is 0 Å². The molecule has 0 bridgehead atoms. The Labute approximate surface area is 108 Å². The van der Waals surface area contributed by atoms with Gasteiger partial charge in [-0.2, -0.15) is 0 Å². The van der Waals surface area contributed by atoms with Crippen LogP contribution in [-0.2, 0) is 5.54 Å². The summed E-state index contributed by atoms with van der Waals surface area (Å²) in [6.07, 6.45) is 0. The molecule has 2 N–H and O–H groups in total. The van der Waals surface area contributed by atoms with Crippen molar-refractivity contribution in [2.24, 2.45) is 5.73 Å². The van der Waals surface area contributed by atoms with Gasteiger partial charge in [-0.05, 0) is 48.6 Å². The van der Waals surface area contributed by atoms with E-state index in [1.165, 1.54) is 10.4 Å². The van der Waals surface area contributed by atoms with Crippen LogP contribution in [0.5, 0.6) is 0 Å². The van der Waals surface area contributed by atoms with Gasteiger partial charge in [0.05, 0.1) is 5.54 Å². The molecule has 0 saturated heterocycles. The minimum Gasteiger partial charge on any atom is -0.317 e. The van der Waals surface area contributed by atoms with Crippen LogP contribution >= 0.6 is 27.3 Å². The summed E-state index contributed by atoms with van der Waals surface area (Å²) in [4.78, 5) is 1.23. The van der Waals surface area contributed by atoms with Gasteiger partial charge in [0.25, 0.3) is 0 Å². The number of nitrogens with two attached hydrogens (primary N) is 1. The molecule has 0 spiro atoms. The first-order valence-electron chi connectivity index (χ1n) is 5.11. The molecule has 3 heteroatoms. The maximum atomic E-state index is 6.45. The standard InChI is InChI=1S/C13H14BrNS/c1-9-7-8-16-12(9)13(2,15)10-3-5-11(14)6-4-10/h3-8H,15H2,1-2H3. The van der Waals surface area contributed by atoms with Gasteiger partial charge in [-0.3, -0.25) is 0 Å². The molecule has 0 saturated carbocycles. The zero-order chi connectivity index (χ0) is 11.8. The Hall–Kier alpha value is -0.640. The molecule has 1 atom stereocenters. The summed E-state index contributed by atoms with van der Waals surface area (Å²) < 4.78 is 1.08. The van der Waals surface area contributed by atoms with Gasteiger partial charge in [0, 0.05) is 9.35 Å². The number of aryl methyl sites for hydroxylation is 1. The molecule has 84 valence electrons. The fourth-order valence-corrected chi connectivity index (χ4v) is 3.12. The van der Waals surface area contributed by atoms with E-state index >= 15 is 0 Å². The molecule has 0 radical (unpaired) electrons. The summed E-state index contributed by atoms with van der Waals surface area (Å²) in [6, 6.07) is 10.3. The maximum absolute atomic E-state index is 6.45. The van der Waals surface area contributed by atoms with Crippen LogP contribution in [0.2, 0.25) is 0 Å². The van der Waals surface area contributed by atoms with Crippen molar-refractivity contribution in [3.8, 4) is 0 Å². The molecule has 0 amide bonds. The molecule has 0 aliphatic rings. The zero-order valence-corrected chi connectivity index (χ0v) is 11.7. The molecule has 1 unspecified atom stereocenters. The van der Waals surface area contributed by atoms with E-state index in [0.29, 0.717) is 0 Å². The summed E-state index contributed by atoms with van der Waals surface area (Å²) in [5.41, 5.74) is 8.45. The molecule has 16 heavy (non-hydrogen) atoms. The van der Waals surface area contributed by atoms with Crippen LogP contribution in [0.3, 0.4) is 0 Å². The number of hydrogen-bond donors (Lipinski definition) is 1. The SMILES string of the molecule is Cc1ccsc1C(C)(N)c1ccc(Br)cc1. The first-order chi connectivity index (χ1) is 7.51. The number of halogens is 1. The third-order valence-corrected chi connectivity index (χ3v) is 4.56. The van der Waals surface area contributed by atoms with E-state index in [4.69, 9.17) is 5.73 Å². The second-order valence-electron chi connectivity index (χ2n) is 4.14. The number of rotatable bonds is 2. The maximum Gasteiger partial charge on any atom is 0.0733 e. The van der Waals surface area contributed by atoms with Crippen molar-refractivity contribution < 1.29 is 0 Å². The summed E-state index contributed by atoms with van der Waals surface area (Å²) in [5, 5.41) is 2.09. The van der Waals surface area contributed by atoms with E-state index in [2.05, 4.69) is 53.4 Å². The molecule has 0 aliphatic carbocycles. The first kappa shape index (κ1) is 11.8. The summed E-state index contributed by atoms with van der Waals surface area (Å²) in [6.45, 7) is 4.17. The van der Waals surface area contributed by atoms with E-state index in [9.17, 15) is 0 Å². The molecule has 2 rings (SSSR count). The van der Waals surface area contributed by atoms with Crippen molar-refractivity contribution in [1.29, 1.82) is 0 Å². The monoisotopic (exact) mass is 295 g/mol. The number of benzene rings is 1. The highest BCUT2D eigenvalue weighted by molar-refractivity contribution is 9.10. The minimum absolute atomic E-state index is 0.404. The van der Waals surface area contributed by atoms with Crippen molar-refractivity contribution in [2.75, 3.05) is 0 Å². The average Bonchev–Trinajstić information content (AvgIpc) is 2.66. The highest BCUT2D eigenvalue weighted by atomic mass is 79.9. The Morgan fingerprint density at radius 3 is 2.31 bits per heavy atom. The quantitative estimate of drug-likeness (QED) is 0.889. The second kappa shape index (κ2) is 4.32. The predicted octanol–water partition coefficient (Wildman–Crippen LogP) is 4.04. The Bertz CT molecular complexity index is 485. The first-order valence-corrected chi connectivity index (χ1v) is 6.78.